The molecule has 0 saturated carbocycles. The molecule has 2 aromatic carbocycles. The van der Waals surface area contributed by atoms with Crippen LogP contribution in [0.3, 0.4) is 0 Å². The van der Waals surface area contributed by atoms with Crippen LogP contribution in [-0.2, 0) is 21.2 Å². The molecule has 0 fully saturated rings. The van der Waals surface area contributed by atoms with Crippen molar-refractivity contribution in [1.82, 2.24) is 0 Å². The van der Waals surface area contributed by atoms with Gasteiger partial charge in [-0.25, -0.2) is 0 Å². The molecule has 0 saturated heterocycles. The van der Waals surface area contributed by atoms with Gasteiger partial charge in [-0.3, -0.25) is 0 Å². The summed E-state index contributed by atoms with van der Waals surface area (Å²) < 4.78 is 40.1. The predicted octanol–water partition coefficient (Wildman–Crippen LogP) is 3.92. The van der Waals surface area contributed by atoms with Crippen molar-refractivity contribution in [2.75, 3.05) is 14.2 Å². The normalized spacial score (nSPS) is 12.4. The van der Waals surface area contributed by atoms with E-state index in [2.05, 4.69) is 0 Å². The minimum Gasteiger partial charge on any atom is -0.344 e. The van der Waals surface area contributed by atoms with Crippen molar-refractivity contribution < 1.29 is 18.3 Å². The summed E-state index contributed by atoms with van der Waals surface area (Å²) in [5.41, 5.74) is 0.103. The van der Waals surface area contributed by atoms with Crippen molar-refractivity contribution in [2.45, 2.75) is 11.7 Å². The van der Waals surface area contributed by atoms with Gasteiger partial charge < -0.3 is 9.47 Å². The Morgan fingerprint density at radius 1 is 0.700 bits per heavy atom. The van der Waals surface area contributed by atoms with E-state index in [0.29, 0.717) is 0 Å². The zero-order chi connectivity index (χ0) is 14.6. The molecule has 0 aromatic heterocycles. The van der Waals surface area contributed by atoms with Gasteiger partial charge in [0.25, 0.3) is 5.79 Å². The van der Waals surface area contributed by atoms with E-state index in [0.717, 1.165) is 0 Å². The van der Waals surface area contributed by atoms with Crippen LogP contribution in [0.5, 0.6) is 0 Å². The lowest BCUT2D eigenvalue weighted by atomic mass is 9.93. The summed E-state index contributed by atoms with van der Waals surface area (Å²) in [4.78, 5) is 0. The van der Waals surface area contributed by atoms with Crippen molar-refractivity contribution in [3.63, 3.8) is 0 Å². The molecule has 0 spiro atoms. The Balaban J connectivity index is 2.59. The summed E-state index contributed by atoms with van der Waals surface area (Å²) in [5.74, 6) is -5.49. The maximum absolute atomic E-state index is 14.9. The standard InChI is InChI=1S/C16H16F2O2/c1-19-16(20-2,14-11-7-4-8-12-14)15(17,18)13-9-5-3-6-10-13/h3-12H,1-2H3. The van der Waals surface area contributed by atoms with Crippen LogP contribution < -0.4 is 0 Å². The third kappa shape index (κ3) is 2.21. The topological polar surface area (TPSA) is 18.5 Å². The minimum atomic E-state index is -3.33. The van der Waals surface area contributed by atoms with Crippen LogP contribution >= 0.6 is 0 Å². The number of methoxy groups -OCH3 is 2. The van der Waals surface area contributed by atoms with Crippen LogP contribution in [0, 0.1) is 0 Å². The molecule has 106 valence electrons. The van der Waals surface area contributed by atoms with Crippen molar-refractivity contribution in [3.05, 3.63) is 71.8 Å². The van der Waals surface area contributed by atoms with Crippen molar-refractivity contribution >= 4 is 0 Å². The third-order valence-electron chi connectivity index (χ3n) is 3.28. The van der Waals surface area contributed by atoms with Crippen molar-refractivity contribution in [1.29, 1.82) is 0 Å². The van der Waals surface area contributed by atoms with E-state index >= 15 is 0 Å². The Labute approximate surface area is 117 Å². The largest absolute Gasteiger partial charge is 0.344 e. The molecule has 0 bridgehead atoms. The van der Waals surface area contributed by atoms with Crippen LogP contribution in [0.2, 0.25) is 0 Å². The zero-order valence-corrected chi connectivity index (χ0v) is 11.3. The van der Waals surface area contributed by atoms with Gasteiger partial charge in [0.05, 0.1) is 0 Å². The highest BCUT2D eigenvalue weighted by molar-refractivity contribution is 5.30. The number of halogens is 2. The first kappa shape index (κ1) is 14.6. The summed E-state index contributed by atoms with van der Waals surface area (Å²) in [6.07, 6.45) is 0. The first-order valence-corrected chi connectivity index (χ1v) is 6.17. The molecule has 4 heteroatoms. The number of hydrogen-bond donors (Lipinski definition) is 0. The van der Waals surface area contributed by atoms with Crippen LogP contribution in [-0.4, -0.2) is 14.2 Å². The summed E-state index contributed by atoms with van der Waals surface area (Å²) in [6, 6.07) is 15.7. The summed E-state index contributed by atoms with van der Waals surface area (Å²) in [6.45, 7) is 0. The molecule has 0 amide bonds. The number of ether oxygens (including phenoxy) is 2. The number of rotatable bonds is 5. The fourth-order valence-corrected chi connectivity index (χ4v) is 2.25. The van der Waals surface area contributed by atoms with Gasteiger partial charge >= 0.3 is 5.92 Å². The predicted molar refractivity (Wildman–Crippen MR) is 72.5 cm³/mol. The van der Waals surface area contributed by atoms with E-state index in [4.69, 9.17) is 9.47 Å². The second-order valence-corrected chi connectivity index (χ2v) is 4.33. The Hall–Kier alpha value is -1.78. The highest BCUT2D eigenvalue weighted by Gasteiger charge is 2.57. The average molecular weight is 278 g/mol. The fourth-order valence-electron chi connectivity index (χ4n) is 2.25. The van der Waals surface area contributed by atoms with Crippen molar-refractivity contribution in [3.8, 4) is 0 Å². The van der Waals surface area contributed by atoms with Gasteiger partial charge in [-0.15, -0.1) is 0 Å². The highest BCUT2D eigenvalue weighted by atomic mass is 19.3. The first-order valence-electron chi connectivity index (χ1n) is 6.17. The Kier molecular flexibility index (Phi) is 4.16. The second-order valence-electron chi connectivity index (χ2n) is 4.33. The molecule has 0 N–H and O–H groups in total. The first-order chi connectivity index (χ1) is 9.58. The van der Waals surface area contributed by atoms with Gasteiger partial charge in [-0.2, -0.15) is 8.78 Å². The van der Waals surface area contributed by atoms with Crippen LogP contribution in [0.15, 0.2) is 60.7 Å². The monoisotopic (exact) mass is 278 g/mol. The Morgan fingerprint density at radius 3 is 1.50 bits per heavy atom. The Morgan fingerprint density at radius 2 is 1.10 bits per heavy atom. The van der Waals surface area contributed by atoms with Gasteiger partial charge in [0.1, 0.15) is 0 Å². The summed E-state index contributed by atoms with van der Waals surface area (Å²) in [5, 5.41) is 0. The number of alkyl halides is 2. The third-order valence-corrected chi connectivity index (χ3v) is 3.28. The summed E-state index contributed by atoms with van der Waals surface area (Å²) >= 11 is 0. The van der Waals surface area contributed by atoms with Gasteiger partial charge in [0.2, 0.25) is 0 Å². The van der Waals surface area contributed by atoms with Gasteiger partial charge in [-0.05, 0) is 0 Å². The lowest BCUT2D eigenvalue weighted by Crippen LogP contribution is -2.46. The molecule has 20 heavy (non-hydrogen) atoms. The molecular weight excluding hydrogens is 262 g/mol. The van der Waals surface area contributed by atoms with Crippen LogP contribution in [0.4, 0.5) is 8.78 Å². The molecule has 0 heterocycles. The molecular formula is C16H16F2O2. The molecule has 2 aromatic rings. The lowest BCUT2D eigenvalue weighted by molar-refractivity contribution is -0.337. The van der Waals surface area contributed by atoms with Gasteiger partial charge in [0, 0.05) is 25.3 Å². The van der Waals surface area contributed by atoms with E-state index in [9.17, 15) is 8.78 Å². The number of benzene rings is 2. The van der Waals surface area contributed by atoms with E-state index in [1.807, 2.05) is 0 Å². The smallest absolute Gasteiger partial charge is 0.330 e. The van der Waals surface area contributed by atoms with Crippen LogP contribution in [0.25, 0.3) is 0 Å². The second kappa shape index (κ2) is 5.69. The molecule has 0 aliphatic carbocycles. The average Bonchev–Trinajstić information content (AvgIpc) is 2.51. The van der Waals surface area contributed by atoms with E-state index in [-0.39, 0.29) is 11.1 Å². The quantitative estimate of drug-likeness (QED) is 0.772. The molecule has 0 unspecified atom stereocenters. The maximum Gasteiger partial charge on any atom is 0.330 e. The van der Waals surface area contributed by atoms with Gasteiger partial charge in [-0.1, -0.05) is 60.7 Å². The minimum absolute atomic E-state index is 0.160. The highest BCUT2D eigenvalue weighted by Crippen LogP contribution is 2.48. The molecule has 0 atom stereocenters. The van der Waals surface area contributed by atoms with Crippen LogP contribution in [0.1, 0.15) is 11.1 Å². The molecule has 0 aliphatic heterocycles. The van der Waals surface area contributed by atoms with E-state index < -0.39 is 11.7 Å². The fraction of sp³-hybridized carbons (Fsp3) is 0.250. The molecule has 2 rings (SSSR count). The van der Waals surface area contributed by atoms with Crippen molar-refractivity contribution in [2.24, 2.45) is 0 Å². The lowest BCUT2D eigenvalue weighted by Gasteiger charge is -2.38. The zero-order valence-electron chi connectivity index (χ0n) is 11.3. The van der Waals surface area contributed by atoms with E-state index in [1.165, 1.54) is 26.4 Å². The maximum atomic E-state index is 14.9. The van der Waals surface area contributed by atoms with Gasteiger partial charge in [0.15, 0.2) is 0 Å². The summed E-state index contributed by atoms with van der Waals surface area (Å²) in [7, 11) is 2.43. The number of hydrogen-bond acceptors (Lipinski definition) is 2. The molecule has 2 nitrogen and oxygen atoms in total. The molecule has 0 aliphatic rings. The molecule has 0 radical (unpaired) electrons. The van der Waals surface area contributed by atoms with E-state index in [1.54, 1.807) is 48.5 Å². The SMILES string of the molecule is COC(OC)(c1ccccc1)C(F)(F)c1ccccc1. The Bertz CT molecular complexity index is 537.